The maximum Gasteiger partial charge on any atom is 0.0238 e. The van der Waals surface area contributed by atoms with Crippen LogP contribution in [0, 0.1) is 0 Å². The molecule has 0 spiro atoms. The second-order valence-electron chi connectivity index (χ2n) is 2.33. The van der Waals surface area contributed by atoms with E-state index in [2.05, 4.69) is 10.6 Å². The predicted molar refractivity (Wildman–Crippen MR) is 47.2 cm³/mol. The topological polar surface area (TPSA) is 24.1 Å². The van der Waals surface area contributed by atoms with E-state index < -0.39 is 0 Å². The van der Waals surface area contributed by atoms with Crippen molar-refractivity contribution in [3.8, 4) is 0 Å². The SMILES string of the molecule is Cl.ClCCC1CNCCN1. The highest BCUT2D eigenvalue weighted by Gasteiger charge is 2.09. The van der Waals surface area contributed by atoms with Gasteiger partial charge in [0.2, 0.25) is 0 Å². The fraction of sp³-hybridized carbons (Fsp3) is 1.00. The summed E-state index contributed by atoms with van der Waals surface area (Å²) in [5, 5.41) is 6.67. The van der Waals surface area contributed by atoms with Gasteiger partial charge in [-0.05, 0) is 6.42 Å². The molecule has 0 aromatic rings. The minimum Gasteiger partial charge on any atom is -0.314 e. The smallest absolute Gasteiger partial charge is 0.0238 e. The van der Waals surface area contributed by atoms with Crippen LogP contribution in [0.5, 0.6) is 0 Å². The van der Waals surface area contributed by atoms with Crippen molar-refractivity contribution < 1.29 is 0 Å². The van der Waals surface area contributed by atoms with E-state index in [0.717, 1.165) is 31.9 Å². The maximum atomic E-state index is 5.57. The van der Waals surface area contributed by atoms with Gasteiger partial charge in [-0.1, -0.05) is 0 Å². The van der Waals surface area contributed by atoms with E-state index in [9.17, 15) is 0 Å². The molecule has 0 aromatic carbocycles. The Morgan fingerprint density at radius 2 is 2.20 bits per heavy atom. The van der Waals surface area contributed by atoms with Crippen molar-refractivity contribution in [3.63, 3.8) is 0 Å². The first kappa shape index (κ1) is 10.5. The van der Waals surface area contributed by atoms with Gasteiger partial charge in [-0.25, -0.2) is 0 Å². The Morgan fingerprint density at radius 1 is 1.40 bits per heavy atom. The molecule has 2 nitrogen and oxygen atoms in total. The van der Waals surface area contributed by atoms with Crippen molar-refractivity contribution in [1.29, 1.82) is 0 Å². The number of hydrogen-bond donors (Lipinski definition) is 2. The van der Waals surface area contributed by atoms with E-state index in [4.69, 9.17) is 11.6 Å². The first-order chi connectivity index (χ1) is 4.43. The summed E-state index contributed by atoms with van der Waals surface area (Å²) in [6.07, 6.45) is 1.08. The zero-order chi connectivity index (χ0) is 6.53. The molecule has 4 heteroatoms. The summed E-state index contributed by atoms with van der Waals surface area (Å²) in [7, 11) is 0. The molecule has 0 amide bonds. The van der Waals surface area contributed by atoms with Gasteiger partial charge >= 0.3 is 0 Å². The molecule has 0 saturated carbocycles. The van der Waals surface area contributed by atoms with Crippen molar-refractivity contribution in [3.05, 3.63) is 0 Å². The molecule has 62 valence electrons. The van der Waals surface area contributed by atoms with Crippen molar-refractivity contribution >= 4 is 24.0 Å². The second-order valence-corrected chi connectivity index (χ2v) is 2.71. The number of nitrogens with one attached hydrogen (secondary N) is 2. The molecule has 1 unspecified atom stereocenters. The largest absolute Gasteiger partial charge is 0.314 e. The molecule has 1 aliphatic rings. The number of hydrogen-bond acceptors (Lipinski definition) is 2. The standard InChI is InChI=1S/C6H13ClN2.ClH/c7-2-1-6-5-8-3-4-9-6;/h6,8-9H,1-5H2;1H. The lowest BCUT2D eigenvalue weighted by molar-refractivity contribution is 0.411. The Morgan fingerprint density at radius 3 is 2.70 bits per heavy atom. The molecule has 0 aromatic heterocycles. The van der Waals surface area contributed by atoms with E-state index in [-0.39, 0.29) is 12.4 Å². The van der Waals surface area contributed by atoms with Crippen molar-refractivity contribution in [2.45, 2.75) is 12.5 Å². The van der Waals surface area contributed by atoms with Gasteiger partial charge in [0.05, 0.1) is 0 Å². The lowest BCUT2D eigenvalue weighted by atomic mass is 10.2. The fourth-order valence-corrected chi connectivity index (χ4v) is 1.31. The molecule has 1 rings (SSSR count). The number of halogens is 2. The first-order valence-electron chi connectivity index (χ1n) is 3.43. The molecular formula is C6H14Cl2N2. The highest BCUT2D eigenvalue weighted by atomic mass is 35.5. The summed E-state index contributed by atoms with van der Waals surface area (Å²) >= 11 is 5.57. The quantitative estimate of drug-likeness (QED) is 0.615. The Balaban J connectivity index is 0.000000810. The highest BCUT2D eigenvalue weighted by Crippen LogP contribution is 1.94. The van der Waals surface area contributed by atoms with Gasteiger partial charge in [-0.3, -0.25) is 0 Å². The molecule has 1 atom stereocenters. The van der Waals surface area contributed by atoms with E-state index in [1.165, 1.54) is 0 Å². The Labute approximate surface area is 73.1 Å². The van der Waals surface area contributed by atoms with E-state index in [0.29, 0.717) is 6.04 Å². The Kier molecular flexibility index (Phi) is 6.54. The zero-order valence-electron chi connectivity index (χ0n) is 5.90. The number of piperazine rings is 1. The van der Waals surface area contributed by atoms with Crippen LogP contribution in [0.1, 0.15) is 6.42 Å². The third-order valence-corrected chi connectivity index (χ3v) is 1.80. The van der Waals surface area contributed by atoms with Gasteiger partial charge in [-0.2, -0.15) is 0 Å². The zero-order valence-corrected chi connectivity index (χ0v) is 7.47. The van der Waals surface area contributed by atoms with Crippen molar-refractivity contribution in [2.24, 2.45) is 0 Å². The van der Waals surface area contributed by atoms with Crippen LogP contribution < -0.4 is 10.6 Å². The van der Waals surface area contributed by atoms with Crippen molar-refractivity contribution in [1.82, 2.24) is 10.6 Å². The molecule has 0 radical (unpaired) electrons. The highest BCUT2D eigenvalue weighted by molar-refractivity contribution is 6.17. The Bertz CT molecular complexity index is 71.4. The summed E-state index contributed by atoms with van der Waals surface area (Å²) in [5.41, 5.74) is 0. The molecule has 1 aliphatic heterocycles. The molecule has 1 saturated heterocycles. The van der Waals surface area contributed by atoms with Gasteiger partial charge in [0, 0.05) is 31.6 Å². The third kappa shape index (κ3) is 3.62. The van der Waals surface area contributed by atoms with Gasteiger partial charge in [0.15, 0.2) is 0 Å². The van der Waals surface area contributed by atoms with Crippen LogP contribution in [0.2, 0.25) is 0 Å². The molecule has 0 aliphatic carbocycles. The second kappa shape index (κ2) is 6.23. The molecule has 1 heterocycles. The molecular weight excluding hydrogens is 171 g/mol. The van der Waals surface area contributed by atoms with Crippen LogP contribution in [-0.2, 0) is 0 Å². The minimum absolute atomic E-state index is 0. The average Bonchev–Trinajstić information content (AvgIpc) is 1.91. The normalized spacial score (nSPS) is 25.5. The lowest BCUT2D eigenvalue weighted by Crippen LogP contribution is -2.48. The van der Waals surface area contributed by atoms with Crippen LogP contribution in [0.25, 0.3) is 0 Å². The molecule has 0 bridgehead atoms. The molecule has 2 N–H and O–H groups in total. The third-order valence-electron chi connectivity index (χ3n) is 1.58. The summed E-state index contributed by atoms with van der Waals surface area (Å²) in [6.45, 7) is 3.26. The summed E-state index contributed by atoms with van der Waals surface area (Å²) in [4.78, 5) is 0. The molecule has 10 heavy (non-hydrogen) atoms. The van der Waals surface area contributed by atoms with Crippen LogP contribution in [0.15, 0.2) is 0 Å². The van der Waals surface area contributed by atoms with Crippen LogP contribution in [0.3, 0.4) is 0 Å². The average molecular weight is 185 g/mol. The van der Waals surface area contributed by atoms with Crippen molar-refractivity contribution in [2.75, 3.05) is 25.5 Å². The van der Waals surface area contributed by atoms with Gasteiger partial charge < -0.3 is 10.6 Å². The fourth-order valence-electron chi connectivity index (χ4n) is 1.05. The number of alkyl halides is 1. The van der Waals surface area contributed by atoms with Crippen LogP contribution in [-0.4, -0.2) is 31.6 Å². The van der Waals surface area contributed by atoms with Crippen LogP contribution in [0.4, 0.5) is 0 Å². The van der Waals surface area contributed by atoms with Gasteiger partial charge in [0.1, 0.15) is 0 Å². The summed E-state index contributed by atoms with van der Waals surface area (Å²) in [6, 6.07) is 0.608. The first-order valence-corrected chi connectivity index (χ1v) is 3.97. The van der Waals surface area contributed by atoms with E-state index in [1.54, 1.807) is 0 Å². The monoisotopic (exact) mass is 184 g/mol. The van der Waals surface area contributed by atoms with Crippen LogP contribution >= 0.6 is 24.0 Å². The lowest BCUT2D eigenvalue weighted by Gasteiger charge is -2.23. The van der Waals surface area contributed by atoms with Gasteiger partial charge in [0.25, 0.3) is 0 Å². The summed E-state index contributed by atoms with van der Waals surface area (Å²) < 4.78 is 0. The van der Waals surface area contributed by atoms with Gasteiger partial charge in [-0.15, -0.1) is 24.0 Å². The summed E-state index contributed by atoms with van der Waals surface area (Å²) in [5.74, 6) is 0.763. The number of rotatable bonds is 2. The van der Waals surface area contributed by atoms with E-state index >= 15 is 0 Å². The van der Waals surface area contributed by atoms with E-state index in [1.807, 2.05) is 0 Å². The molecule has 1 fully saturated rings. The maximum absolute atomic E-state index is 5.57. The predicted octanol–water partition coefficient (Wildman–Crippen LogP) is 0.598. The Hall–Kier alpha value is 0.500. The minimum atomic E-state index is 0.